The van der Waals surface area contributed by atoms with Crippen LogP contribution in [0.25, 0.3) is 0 Å². The number of nitrogens with one attached hydrogen (secondary N) is 1. The topological polar surface area (TPSA) is 71.5 Å². The fourth-order valence-corrected chi connectivity index (χ4v) is 2.80. The van der Waals surface area contributed by atoms with E-state index < -0.39 is 6.04 Å². The van der Waals surface area contributed by atoms with Crippen molar-refractivity contribution in [2.45, 2.75) is 19.0 Å². The van der Waals surface area contributed by atoms with Crippen LogP contribution in [-0.4, -0.2) is 47.5 Å². The summed E-state index contributed by atoms with van der Waals surface area (Å²) in [4.78, 5) is 30.3. The SMILES string of the molecule is O=C(NCCc1ccncc1)[C@@H]1COCC(=O)N1Cc1ccccc1. The van der Waals surface area contributed by atoms with E-state index in [9.17, 15) is 9.59 Å². The van der Waals surface area contributed by atoms with Gasteiger partial charge in [-0.1, -0.05) is 30.3 Å². The molecule has 1 aliphatic rings. The van der Waals surface area contributed by atoms with E-state index in [0.29, 0.717) is 19.5 Å². The number of aromatic nitrogens is 1. The summed E-state index contributed by atoms with van der Waals surface area (Å²) in [6.07, 6.45) is 4.17. The van der Waals surface area contributed by atoms with E-state index in [2.05, 4.69) is 10.3 Å². The molecular formula is C19H21N3O3. The first-order valence-corrected chi connectivity index (χ1v) is 8.32. The first-order chi connectivity index (χ1) is 12.2. The van der Waals surface area contributed by atoms with Crippen molar-refractivity contribution >= 4 is 11.8 Å². The molecule has 1 fully saturated rings. The fraction of sp³-hybridized carbons (Fsp3) is 0.316. The molecular weight excluding hydrogens is 318 g/mol. The summed E-state index contributed by atoms with van der Waals surface area (Å²) in [6, 6.07) is 12.9. The lowest BCUT2D eigenvalue weighted by Crippen LogP contribution is -2.56. The highest BCUT2D eigenvalue weighted by Crippen LogP contribution is 2.14. The predicted octanol–water partition coefficient (Wildman–Crippen LogP) is 1.17. The van der Waals surface area contributed by atoms with Crippen molar-refractivity contribution in [2.24, 2.45) is 0 Å². The van der Waals surface area contributed by atoms with E-state index in [1.807, 2.05) is 42.5 Å². The summed E-state index contributed by atoms with van der Waals surface area (Å²) in [5.41, 5.74) is 2.10. The maximum absolute atomic E-state index is 12.5. The normalized spacial score (nSPS) is 17.4. The van der Waals surface area contributed by atoms with Gasteiger partial charge < -0.3 is 15.0 Å². The molecule has 2 heterocycles. The van der Waals surface area contributed by atoms with E-state index >= 15 is 0 Å². The quantitative estimate of drug-likeness (QED) is 0.857. The largest absolute Gasteiger partial charge is 0.369 e. The second-order valence-corrected chi connectivity index (χ2v) is 5.93. The third-order valence-corrected chi connectivity index (χ3v) is 4.16. The molecule has 1 saturated heterocycles. The maximum Gasteiger partial charge on any atom is 0.249 e. The molecule has 1 N–H and O–H groups in total. The number of nitrogens with zero attached hydrogens (tertiary/aromatic N) is 2. The molecule has 6 nitrogen and oxygen atoms in total. The molecule has 0 saturated carbocycles. The van der Waals surface area contributed by atoms with E-state index in [0.717, 1.165) is 11.1 Å². The number of morpholine rings is 1. The van der Waals surface area contributed by atoms with Crippen LogP contribution in [0.4, 0.5) is 0 Å². The lowest BCUT2D eigenvalue weighted by atomic mass is 10.1. The van der Waals surface area contributed by atoms with Crippen LogP contribution in [-0.2, 0) is 27.3 Å². The molecule has 2 aromatic rings. The van der Waals surface area contributed by atoms with Gasteiger partial charge in [-0.2, -0.15) is 0 Å². The fourth-order valence-electron chi connectivity index (χ4n) is 2.80. The molecule has 1 aliphatic heterocycles. The Labute approximate surface area is 146 Å². The summed E-state index contributed by atoms with van der Waals surface area (Å²) >= 11 is 0. The summed E-state index contributed by atoms with van der Waals surface area (Å²) in [5, 5.41) is 2.90. The standard InChI is InChI=1S/C19H21N3O3/c23-18-14-25-13-17(22(18)12-16-4-2-1-3-5-16)19(24)21-11-8-15-6-9-20-10-7-15/h1-7,9-10,17H,8,11-14H2,(H,21,24)/t17-/m0/s1. The number of hydrogen-bond donors (Lipinski definition) is 1. The molecule has 3 rings (SSSR count). The Bertz CT molecular complexity index is 706. The smallest absolute Gasteiger partial charge is 0.249 e. The molecule has 25 heavy (non-hydrogen) atoms. The van der Waals surface area contributed by atoms with Gasteiger partial charge in [0.1, 0.15) is 12.6 Å². The predicted molar refractivity (Wildman–Crippen MR) is 92.5 cm³/mol. The molecule has 6 heteroatoms. The lowest BCUT2D eigenvalue weighted by molar-refractivity contribution is -0.155. The van der Waals surface area contributed by atoms with Gasteiger partial charge >= 0.3 is 0 Å². The molecule has 0 aliphatic carbocycles. The van der Waals surface area contributed by atoms with E-state index in [-0.39, 0.29) is 25.0 Å². The third-order valence-electron chi connectivity index (χ3n) is 4.16. The zero-order chi connectivity index (χ0) is 17.5. The molecule has 1 aromatic carbocycles. The molecule has 2 amide bonds. The van der Waals surface area contributed by atoms with Gasteiger partial charge in [0.2, 0.25) is 11.8 Å². The van der Waals surface area contributed by atoms with E-state index in [4.69, 9.17) is 4.74 Å². The van der Waals surface area contributed by atoms with Gasteiger partial charge in [0.05, 0.1) is 6.61 Å². The number of benzene rings is 1. The average molecular weight is 339 g/mol. The van der Waals surface area contributed by atoms with Crippen LogP contribution in [0.3, 0.4) is 0 Å². The van der Waals surface area contributed by atoms with Crippen LogP contribution in [0.15, 0.2) is 54.9 Å². The van der Waals surface area contributed by atoms with Gasteiger partial charge in [0, 0.05) is 25.5 Å². The summed E-state index contributed by atoms with van der Waals surface area (Å²) in [6.45, 7) is 1.16. The van der Waals surface area contributed by atoms with Crippen LogP contribution in [0.2, 0.25) is 0 Å². The highest BCUT2D eigenvalue weighted by atomic mass is 16.5. The van der Waals surface area contributed by atoms with Crippen LogP contribution in [0.5, 0.6) is 0 Å². The van der Waals surface area contributed by atoms with E-state index in [1.54, 1.807) is 17.3 Å². The number of rotatable bonds is 6. The molecule has 0 unspecified atom stereocenters. The van der Waals surface area contributed by atoms with Crippen LogP contribution in [0.1, 0.15) is 11.1 Å². The van der Waals surface area contributed by atoms with Crippen LogP contribution >= 0.6 is 0 Å². The molecule has 1 aromatic heterocycles. The molecule has 0 spiro atoms. The molecule has 130 valence electrons. The van der Waals surface area contributed by atoms with E-state index in [1.165, 1.54) is 0 Å². The van der Waals surface area contributed by atoms with Gasteiger partial charge in [-0.25, -0.2) is 0 Å². The summed E-state index contributed by atoms with van der Waals surface area (Å²) in [7, 11) is 0. The lowest BCUT2D eigenvalue weighted by Gasteiger charge is -2.34. The van der Waals surface area contributed by atoms with Crippen molar-refractivity contribution in [3.8, 4) is 0 Å². The van der Waals surface area contributed by atoms with Crippen molar-refractivity contribution in [1.82, 2.24) is 15.2 Å². The second kappa shape index (κ2) is 8.39. The summed E-state index contributed by atoms with van der Waals surface area (Å²) < 4.78 is 5.29. The van der Waals surface area contributed by atoms with Crippen LogP contribution in [0, 0.1) is 0 Å². The van der Waals surface area contributed by atoms with Crippen molar-refractivity contribution in [3.63, 3.8) is 0 Å². The van der Waals surface area contributed by atoms with Crippen molar-refractivity contribution in [2.75, 3.05) is 19.8 Å². The van der Waals surface area contributed by atoms with Gasteiger partial charge in [0.25, 0.3) is 0 Å². The Kier molecular flexibility index (Phi) is 5.74. The Morgan fingerprint density at radius 3 is 2.68 bits per heavy atom. The minimum absolute atomic E-state index is 0.0215. The first kappa shape index (κ1) is 17.1. The minimum Gasteiger partial charge on any atom is -0.369 e. The number of carbonyl (C=O) groups is 2. The zero-order valence-electron chi connectivity index (χ0n) is 13.9. The van der Waals surface area contributed by atoms with Gasteiger partial charge in [-0.05, 0) is 29.7 Å². The maximum atomic E-state index is 12.5. The Hall–Kier alpha value is -2.73. The minimum atomic E-state index is -0.598. The van der Waals surface area contributed by atoms with Crippen molar-refractivity contribution < 1.29 is 14.3 Å². The van der Waals surface area contributed by atoms with Crippen LogP contribution < -0.4 is 5.32 Å². The summed E-state index contributed by atoms with van der Waals surface area (Å²) in [5.74, 6) is -0.345. The Balaban J connectivity index is 1.59. The number of carbonyl (C=O) groups excluding carboxylic acids is 2. The van der Waals surface area contributed by atoms with Crippen molar-refractivity contribution in [3.05, 3.63) is 66.0 Å². The second-order valence-electron chi connectivity index (χ2n) is 5.93. The highest BCUT2D eigenvalue weighted by molar-refractivity contribution is 5.89. The number of amides is 2. The number of ether oxygens (including phenoxy) is 1. The molecule has 1 atom stereocenters. The van der Waals surface area contributed by atoms with Gasteiger partial charge in [-0.3, -0.25) is 14.6 Å². The monoisotopic (exact) mass is 339 g/mol. The van der Waals surface area contributed by atoms with Crippen molar-refractivity contribution in [1.29, 1.82) is 0 Å². The molecule has 0 radical (unpaired) electrons. The average Bonchev–Trinajstić information content (AvgIpc) is 2.65. The third kappa shape index (κ3) is 4.64. The first-order valence-electron chi connectivity index (χ1n) is 8.32. The Morgan fingerprint density at radius 1 is 1.16 bits per heavy atom. The number of pyridine rings is 1. The highest BCUT2D eigenvalue weighted by Gasteiger charge is 2.33. The van der Waals surface area contributed by atoms with Gasteiger partial charge in [-0.15, -0.1) is 0 Å². The molecule has 0 bridgehead atoms. The van der Waals surface area contributed by atoms with Gasteiger partial charge in [0.15, 0.2) is 0 Å². The number of hydrogen-bond acceptors (Lipinski definition) is 4. The Morgan fingerprint density at radius 2 is 1.92 bits per heavy atom. The zero-order valence-corrected chi connectivity index (χ0v) is 13.9.